The number of ketones is 1. The molecule has 0 saturated carbocycles. The first-order valence-electron chi connectivity index (χ1n) is 4.42. The third-order valence-corrected chi connectivity index (χ3v) is 2.59. The summed E-state index contributed by atoms with van der Waals surface area (Å²) in [5.41, 5.74) is 7.10. The summed E-state index contributed by atoms with van der Waals surface area (Å²) in [6, 6.07) is 7.24. The van der Waals surface area contributed by atoms with Gasteiger partial charge in [0.2, 0.25) is 0 Å². The second-order valence-electron chi connectivity index (χ2n) is 3.11. The summed E-state index contributed by atoms with van der Waals surface area (Å²) in [5, 5.41) is 9.01. The van der Waals surface area contributed by atoms with E-state index >= 15 is 0 Å². The Morgan fingerprint density at radius 2 is 1.93 bits per heavy atom. The molecule has 80 valence electrons. The summed E-state index contributed by atoms with van der Waals surface area (Å²) in [6.45, 7) is 1.05. The van der Waals surface area contributed by atoms with Gasteiger partial charge in [0.15, 0.2) is 5.78 Å². The predicted molar refractivity (Wildman–Crippen MR) is 63.0 cm³/mol. The van der Waals surface area contributed by atoms with Crippen molar-refractivity contribution in [1.82, 2.24) is 0 Å². The maximum atomic E-state index is 11.1. The molecule has 0 bridgehead atoms. The molecule has 0 aromatic heterocycles. The molecule has 3 nitrogen and oxygen atoms in total. The van der Waals surface area contributed by atoms with E-state index in [2.05, 4.69) is 15.9 Å². The first kappa shape index (κ1) is 11.9. The highest BCUT2D eigenvalue weighted by atomic mass is 79.9. The van der Waals surface area contributed by atoms with Crippen molar-refractivity contribution in [1.29, 1.82) is 0 Å². The standard InChI is InChI=1S/C11H12BrNO2/c1-7(15)10(6-14)11(13)8-2-4-9(12)5-3-8/h2-5,14H,6,13H2,1H3. The molecule has 3 N–H and O–H groups in total. The van der Waals surface area contributed by atoms with Gasteiger partial charge in [-0.1, -0.05) is 28.1 Å². The first-order chi connectivity index (χ1) is 7.06. The van der Waals surface area contributed by atoms with Crippen molar-refractivity contribution in [3.8, 4) is 0 Å². The number of carbonyl (C=O) groups is 1. The van der Waals surface area contributed by atoms with Crippen molar-refractivity contribution in [2.75, 3.05) is 6.61 Å². The molecule has 0 aliphatic rings. The molecule has 15 heavy (non-hydrogen) atoms. The average molecular weight is 270 g/mol. The topological polar surface area (TPSA) is 63.3 Å². The minimum atomic E-state index is -0.336. The molecule has 0 aliphatic carbocycles. The van der Waals surface area contributed by atoms with E-state index < -0.39 is 0 Å². The highest BCUT2D eigenvalue weighted by Gasteiger charge is 2.09. The average Bonchev–Trinajstić information content (AvgIpc) is 2.19. The highest BCUT2D eigenvalue weighted by molar-refractivity contribution is 9.10. The Morgan fingerprint density at radius 3 is 2.33 bits per heavy atom. The van der Waals surface area contributed by atoms with E-state index in [1.807, 2.05) is 12.1 Å². The van der Waals surface area contributed by atoms with Crippen molar-refractivity contribution in [2.45, 2.75) is 6.92 Å². The van der Waals surface area contributed by atoms with Gasteiger partial charge < -0.3 is 10.8 Å². The van der Waals surface area contributed by atoms with E-state index in [1.54, 1.807) is 12.1 Å². The number of halogens is 1. The Balaban J connectivity index is 3.16. The minimum absolute atomic E-state index is 0.210. The van der Waals surface area contributed by atoms with E-state index in [0.29, 0.717) is 5.70 Å². The zero-order valence-electron chi connectivity index (χ0n) is 8.33. The normalized spacial score (nSPS) is 12.2. The van der Waals surface area contributed by atoms with Crippen LogP contribution in [0.2, 0.25) is 0 Å². The molecule has 1 rings (SSSR count). The molecule has 0 spiro atoms. The van der Waals surface area contributed by atoms with Crippen LogP contribution in [0.1, 0.15) is 12.5 Å². The van der Waals surface area contributed by atoms with Gasteiger partial charge in [0, 0.05) is 15.7 Å². The Kier molecular flexibility index (Phi) is 4.05. The lowest BCUT2D eigenvalue weighted by atomic mass is 10.1. The van der Waals surface area contributed by atoms with Crippen molar-refractivity contribution in [3.05, 3.63) is 39.9 Å². The van der Waals surface area contributed by atoms with E-state index in [-0.39, 0.29) is 18.0 Å². The number of benzene rings is 1. The first-order valence-corrected chi connectivity index (χ1v) is 5.22. The maximum Gasteiger partial charge on any atom is 0.160 e. The number of hydrogen-bond acceptors (Lipinski definition) is 3. The van der Waals surface area contributed by atoms with Crippen LogP contribution in [-0.4, -0.2) is 17.5 Å². The molecule has 0 heterocycles. The van der Waals surface area contributed by atoms with Gasteiger partial charge in [-0.3, -0.25) is 4.79 Å². The zero-order chi connectivity index (χ0) is 11.4. The van der Waals surface area contributed by atoms with Crippen LogP contribution in [0.15, 0.2) is 34.3 Å². The number of nitrogens with two attached hydrogens (primary N) is 1. The largest absolute Gasteiger partial charge is 0.398 e. The Bertz CT molecular complexity index is 396. The molecule has 0 amide bonds. The van der Waals surface area contributed by atoms with Gasteiger partial charge >= 0.3 is 0 Å². The molecule has 0 aliphatic heterocycles. The number of Topliss-reactive ketones (excluding diaryl/α,β-unsaturated/α-hetero) is 1. The summed E-state index contributed by atoms with van der Waals surface area (Å²) in [6.07, 6.45) is 0. The lowest BCUT2D eigenvalue weighted by Crippen LogP contribution is -2.10. The van der Waals surface area contributed by atoms with Crippen molar-refractivity contribution < 1.29 is 9.90 Å². The number of rotatable bonds is 3. The van der Waals surface area contributed by atoms with Crippen LogP contribution in [0, 0.1) is 0 Å². The van der Waals surface area contributed by atoms with Crippen molar-refractivity contribution in [2.24, 2.45) is 5.73 Å². The van der Waals surface area contributed by atoms with Crippen LogP contribution in [0.25, 0.3) is 5.70 Å². The third kappa shape index (κ3) is 2.91. The van der Waals surface area contributed by atoms with E-state index in [1.165, 1.54) is 6.92 Å². The molecular formula is C11H12BrNO2. The Hall–Kier alpha value is -1.13. The summed E-state index contributed by atoms with van der Waals surface area (Å²) in [7, 11) is 0. The van der Waals surface area contributed by atoms with Gasteiger partial charge in [0.25, 0.3) is 0 Å². The van der Waals surface area contributed by atoms with E-state index in [0.717, 1.165) is 10.0 Å². The summed E-state index contributed by atoms with van der Waals surface area (Å²) in [4.78, 5) is 11.1. The van der Waals surface area contributed by atoms with Gasteiger partial charge in [0.05, 0.1) is 6.61 Å². The number of aliphatic hydroxyl groups is 1. The minimum Gasteiger partial charge on any atom is -0.398 e. The van der Waals surface area contributed by atoms with E-state index in [9.17, 15) is 4.79 Å². The molecule has 1 aromatic carbocycles. The highest BCUT2D eigenvalue weighted by Crippen LogP contribution is 2.17. The van der Waals surface area contributed by atoms with Crippen molar-refractivity contribution in [3.63, 3.8) is 0 Å². The number of hydrogen-bond donors (Lipinski definition) is 2. The second kappa shape index (κ2) is 5.09. The Morgan fingerprint density at radius 1 is 1.40 bits per heavy atom. The van der Waals surface area contributed by atoms with Gasteiger partial charge in [-0.25, -0.2) is 0 Å². The molecular weight excluding hydrogens is 258 g/mol. The lowest BCUT2D eigenvalue weighted by Gasteiger charge is -2.07. The van der Waals surface area contributed by atoms with Gasteiger partial charge in [-0.15, -0.1) is 0 Å². The second-order valence-corrected chi connectivity index (χ2v) is 4.03. The molecule has 1 aromatic rings. The van der Waals surface area contributed by atoms with Gasteiger partial charge in [-0.05, 0) is 24.6 Å². The Labute approximate surface area is 96.7 Å². The summed E-state index contributed by atoms with van der Waals surface area (Å²) >= 11 is 3.30. The van der Waals surface area contributed by atoms with Crippen LogP contribution < -0.4 is 5.73 Å². The molecule has 0 atom stereocenters. The van der Waals surface area contributed by atoms with Crippen LogP contribution >= 0.6 is 15.9 Å². The van der Waals surface area contributed by atoms with Crippen LogP contribution in [-0.2, 0) is 4.79 Å². The quantitative estimate of drug-likeness (QED) is 0.822. The molecule has 4 heteroatoms. The monoisotopic (exact) mass is 269 g/mol. The van der Waals surface area contributed by atoms with E-state index in [4.69, 9.17) is 10.8 Å². The smallest absolute Gasteiger partial charge is 0.160 e. The SMILES string of the molecule is CC(=O)C(CO)=C(N)c1ccc(Br)cc1. The zero-order valence-corrected chi connectivity index (χ0v) is 9.91. The molecule has 0 fully saturated rings. The predicted octanol–water partition coefficient (Wildman–Crippen LogP) is 1.70. The number of carbonyl (C=O) groups excluding carboxylic acids is 1. The molecule has 0 radical (unpaired) electrons. The fraction of sp³-hybridized carbons (Fsp3) is 0.182. The van der Waals surface area contributed by atoms with Crippen LogP contribution in [0.4, 0.5) is 0 Å². The van der Waals surface area contributed by atoms with Crippen LogP contribution in [0.5, 0.6) is 0 Å². The fourth-order valence-corrected chi connectivity index (χ4v) is 1.45. The molecule has 0 unspecified atom stereocenters. The maximum absolute atomic E-state index is 11.1. The third-order valence-electron chi connectivity index (χ3n) is 2.06. The van der Waals surface area contributed by atoms with Gasteiger partial charge in [0.1, 0.15) is 0 Å². The molecule has 0 saturated heterocycles. The van der Waals surface area contributed by atoms with Gasteiger partial charge in [-0.2, -0.15) is 0 Å². The lowest BCUT2D eigenvalue weighted by molar-refractivity contribution is -0.113. The summed E-state index contributed by atoms with van der Waals surface area (Å²) < 4.78 is 0.937. The summed E-state index contributed by atoms with van der Waals surface area (Å²) in [5.74, 6) is -0.210. The number of aliphatic hydroxyl groups excluding tert-OH is 1. The van der Waals surface area contributed by atoms with Crippen LogP contribution in [0.3, 0.4) is 0 Å². The fourth-order valence-electron chi connectivity index (χ4n) is 1.19. The van der Waals surface area contributed by atoms with Crippen molar-refractivity contribution >= 4 is 27.4 Å².